The van der Waals surface area contributed by atoms with Crippen LogP contribution in [0.2, 0.25) is 0 Å². The summed E-state index contributed by atoms with van der Waals surface area (Å²) in [5.41, 5.74) is 8.67. The van der Waals surface area contributed by atoms with Gasteiger partial charge in [0.1, 0.15) is 107 Å². The Kier molecular flexibility index (Phi) is 46.0. The van der Waals surface area contributed by atoms with E-state index in [1.54, 1.807) is 88.5 Å². The number of carboxylic acids is 1. The summed E-state index contributed by atoms with van der Waals surface area (Å²) in [6.45, 7) is 21.2. The van der Waals surface area contributed by atoms with Gasteiger partial charge < -0.3 is 122 Å². The number of primary amides is 2. The van der Waals surface area contributed by atoms with Crippen molar-refractivity contribution in [2.45, 2.75) is 327 Å². The number of phenols is 1. The first-order valence-corrected chi connectivity index (χ1v) is 46.5. The molecule has 0 aliphatic carbocycles. The van der Waals surface area contributed by atoms with Crippen molar-refractivity contribution in [1.82, 2.24) is 95.4 Å². The predicted molar refractivity (Wildman–Crippen MR) is 507 cm³/mol. The molecule has 43 heteroatoms. The maximum atomic E-state index is 15.6. The Morgan fingerprint density at radius 2 is 0.957 bits per heavy atom. The number of aliphatic hydroxyl groups is 1. The number of allylic oxidation sites excluding steroid dienone is 2. The molecule has 25 N–H and O–H groups in total. The summed E-state index contributed by atoms with van der Waals surface area (Å²) in [6, 6.07) is -1.45. The molecule has 19 amide bonds. The highest BCUT2D eigenvalue weighted by Gasteiger charge is 2.44. The van der Waals surface area contributed by atoms with E-state index in [0.717, 1.165) is 0 Å². The number of carboxylic acid groups (broad SMARTS) is 1. The van der Waals surface area contributed by atoms with Crippen LogP contribution in [-0.4, -0.2) is 246 Å². The standard InChI is InChI=1S/C95H140N20O23/c1-50(2)44-69(106-60(13)117)88(133)113-76(59(12)116)91(136)111-72(46-61-30-24-23-25-31-61)90(135)115-95(15)43-29-22-20-18-16-17-19-21-28-42-94(14,92(137)105-58(11)82(127)103-56(9)81(126)102-55(8)80(125)101-54(7)79(124)100-53(6)78(123)99-52(5)77(97)122)114-89(134)70(45-51(3)4)108-84(129)67(38-40-74(96)119)107-83(128)57(10)104-86(131)73(48-63-49-98-66-33-27-26-32-65(63)66)110-87(132)71(47-62-34-36-64(118)37-35-62)109-85(130)68(112-93(95)138)39-41-75(120)121/h17,19,23-27,30-37,49-59,67-73,76,98,116,118H,16,18,20-22,28-29,38-48H2,1-15H3,(H2,96,119)(H2,97,122)(H,99,123)(H,100,124)(H,101,125)(H,102,126)(H,103,127)(H,104,131)(H,105,137)(H,106,117)(H,107,128)(H,108,129)(H,109,130)(H,110,132)(H,111,136)(H,112,138)(H,113,133)(H,114,134)(H,115,135)(H,120,121)/b19-17+/t52-,53+,54+,55+,56+,57+,58+,59-,67+,68?,69+,70+,71+,72+,73?,76+,94+,95-/m1/s1. The smallest absolute Gasteiger partial charge is 0.303 e. The molecule has 2 heterocycles. The second-order valence-electron chi connectivity index (χ2n) is 36.6. The first kappa shape index (κ1) is 115. The molecule has 18 atom stereocenters. The van der Waals surface area contributed by atoms with Crippen LogP contribution in [0.1, 0.15) is 217 Å². The first-order valence-electron chi connectivity index (χ1n) is 46.5. The number of para-hydroxylation sites is 1. The Morgan fingerprint density at radius 1 is 0.464 bits per heavy atom. The van der Waals surface area contributed by atoms with Gasteiger partial charge >= 0.3 is 5.97 Å². The zero-order valence-corrected chi connectivity index (χ0v) is 81.0. The Morgan fingerprint density at radius 3 is 1.49 bits per heavy atom. The molecule has 0 bridgehead atoms. The number of aromatic hydroxyl groups is 1. The van der Waals surface area contributed by atoms with Gasteiger partial charge in [-0.05, 0) is 180 Å². The van der Waals surface area contributed by atoms with Gasteiger partial charge in [0.25, 0.3) is 0 Å². The van der Waals surface area contributed by atoms with E-state index in [4.69, 9.17) is 11.5 Å². The molecular formula is C95H140N20O23. The fourth-order valence-corrected chi connectivity index (χ4v) is 14.9. The van der Waals surface area contributed by atoms with E-state index in [9.17, 15) is 82.4 Å². The summed E-state index contributed by atoms with van der Waals surface area (Å²) < 4.78 is 0. The number of aromatic amines is 1. The highest BCUT2D eigenvalue weighted by Crippen LogP contribution is 2.25. The van der Waals surface area contributed by atoms with E-state index in [1.807, 2.05) is 12.2 Å². The third-order valence-corrected chi connectivity index (χ3v) is 23.1. The van der Waals surface area contributed by atoms with Gasteiger partial charge in [-0.1, -0.05) is 120 Å². The third-order valence-electron chi connectivity index (χ3n) is 23.1. The van der Waals surface area contributed by atoms with Crippen LogP contribution in [0.15, 0.2) is 97.2 Å². The molecule has 1 aromatic heterocycles. The Balaban J connectivity index is 1.58. The third kappa shape index (κ3) is 38.3. The minimum Gasteiger partial charge on any atom is -0.508 e. The van der Waals surface area contributed by atoms with Crippen LogP contribution in [0.5, 0.6) is 5.75 Å². The predicted octanol–water partition coefficient (Wildman–Crippen LogP) is -0.748. The van der Waals surface area contributed by atoms with E-state index < -0.39 is 258 Å². The fourth-order valence-electron chi connectivity index (χ4n) is 14.9. The Bertz CT molecular complexity index is 4970. The first-order chi connectivity index (χ1) is 64.8. The van der Waals surface area contributed by atoms with Crippen molar-refractivity contribution in [3.63, 3.8) is 0 Å². The summed E-state index contributed by atoms with van der Waals surface area (Å²) in [5.74, 6) is -19.7. The number of nitrogens with one attached hydrogen (secondary N) is 18. The summed E-state index contributed by atoms with van der Waals surface area (Å²) in [5, 5.41) is 76.0. The molecule has 5 rings (SSSR count). The molecule has 758 valence electrons. The van der Waals surface area contributed by atoms with Crippen molar-refractivity contribution in [1.29, 1.82) is 0 Å². The number of H-pyrrole nitrogens is 1. The van der Waals surface area contributed by atoms with E-state index in [2.05, 4.69) is 95.4 Å². The highest BCUT2D eigenvalue weighted by atomic mass is 16.4. The SMILES string of the molecule is CC(=O)N[C@@H](CC(C)C)C(=O)N[C@H](C(=O)N[C@@H](Cc1ccccc1)C(=O)N[C@]1(C)CCCCCC/C=C/CCC[C@@](C)(C(=O)N[C@@H](C)C(=O)N[C@@H](C)C(=O)N[C@@H](C)C(=O)N[C@@H](C)C(=O)N[C@@H](C)C(=O)N[C@H](C)C(N)=O)NC(=O)[C@H](CC(C)C)NC(=O)[C@H](CCC(N)=O)NC(=O)[C@H](C)NC(=O)C(Cc2c[nH]c3ccccc23)NC(=O)[C@H](Cc2ccc(O)cc2)NC(=O)C(CCC(=O)O)NC1=O)[C@@H](C)O. The molecule has 0 spiro atoms. The van der Waals surface area contributed by atoms with Gasteiger partial charge in [-0.2, -0.15) is 0 Å². The summed E-state index contributed by atoms with van der Waals surface area (Å²) in [4.78, 5) is 283. The minimum absolute atomic E-state index is 0.107. The average molecular weight is 1930 g/mol. The number of carbonyl (C=O) groups excluding carboxylic acids is 19. The number of aliphatic carboxylic acids is 1. The van der Waals surface area contributed by atoms with E-state index in [1.165, 1.54) is 100 Å². The van der Waals surface area contributed by atoms with Gasteiger partial charge in [0.05, 0.1) is 6.10 Å². The number of hydrogen-bond acceptors (Lipinski definition) is 22. The van der Waals surface area contributed by atoms with Crippen molar-refractivity contribution in [2.24, 2.45) is 23.3 Å². The zero-order valence-electron chi connectivity index (χ0n) is 81.0. The molecular weight excluding hydrogens is 1790 g/mol. The van der Waals surface area contributed by atoms with Crippen LogP contribution < -0.4 is 102 Å². The van der Waals surface area contributed by atoms with Gasteiger partial charge in [0, 0.05) is 56.1 Å². The van der Waals surface area contributed by atoms with Crippen LogP contribution in [0, 0.1) is 11.8 Å². The number of phenolic OH excluding ortho intramolecular Hbond substituents is 1. The molecule has 0 fully saturated rings. The van der Waals surface area contributed by atoms with Crippen molar-refractivity contribution in [3.8, 4) is 5.75 Å². The number of nitrogens with two attached hydrogens (primary N) is 2. The largest absolute Gasteiger partial charge is 0.508 e. The van der Waals surface area contributed by atoms with Gasteiger partial charge in [-0.15, -0.1) is 0 Å². The Labute approximate surface area is 802 Å². The lowest BCUT2D eigenvalue weighted by atomic mass is 9.91. The lowest BCUT2D eigenvalue weighted by Gasteiger charge is -2.34. The van der Waals surface area contributed by atoms with E-state index in [-0.39, 0.29) is 75.4 Å². The Hall–Kier alpha value is -13.9. The molecule has 138 heavy (non-hydrogen) atoms. The molecule has 43 nitrogen and oxygen atoms in total. The molecule has 1 aliphatic rings. The maximum absolute atomic E-state index is 15.6. The van der Waals surface area contributed by atoms with Gasteiger partial charge in [-0.25, -0.2) is 0 Å². The quantitative estimate of drug-likeness (QED) is 0.0247. The maximum Gasteiger partial charge on any atom is 0.303 e. The van der Waals surface area contributed by atoms with Gasteiger partial charge in [0.2, 0.25) is 112 Å². The van der Waals surface area contributed by atoms with Gasteiger partial charge in [-0.3, -0.25) is 95.9 Å². The molecule has 0 saturated carbocycles. The summed E-state index contributed by atoms with van der Waals surface area (Å²) in [6.07, 6.45) is 2.39. The normalized spacial score (nSPS) is 21.9. The number of hydrogen-bond donors (Lipinski definition) is 23. The molecule has 0 saturated heterocycles. The van der Waals surface area contributed by atoms with Crippen molar-refractivity contribution in [2.75, 3.05) is 0 Å². The van der Waals surface area contributed by atoms with Crippen LogP contribution in [0.3, 0.4) is 0 Å². The summed E-state index contributed by atoms with van der Waals surface area (Å²) >= 11 is 0. The number of aliphatic hydroxyl groups excluding tert-OH is 1. The monoisotopic (exact) mass is 1930 g/mol. The number of benzene rings is 3. The number of carbonyl (C=O) groups is 20. The number of fused-ring (bicyclic) bond motifs is 1. The zero-order chi connectivity index (χ0) is 103. The van der Waals surface area contributed by atoms with Crippen LogP contribution in [-0.2, 0) is 115 Å². The number of amides is 19. The van der Waals surface area contributed by atoms with Crippen molar-refractivity contribution in [3.05, 3.63) is 114 Å². The molecule has 4 aromatic rings. The fraction of sp³-hybridized carbons (Fsp3) is 0.558. The highest BCUT2D eigenvalue weighted by molar-refractivity contribution is 6.03. The lowest BCUT2D eigenvalue weighted by Crippen LogP contribution is -2.65. The van der Waals surface area contributed by atoms with Crippen LogP contribution >= 0.6 is 0 Å². The van der Waals surface area contributed by atoms with E-state index in [0.29, 0.717) is 53.3 Å². The molecule has 3 aromatic carbocycles. The minimum atomic E-state index is -2.08. The molecule has 1 aliphatic heterocycles. The van der Waals surface area contributed by atoms with Crippen LogP contribution in [0.4, 0.5) is 0 Å². The molecule has 2 unspecified atom stereocenters. The summed E-state index contributed by atoms with van der Waals surface area (Å²) in [7, 11) is 0. The van der Waals surface area contributed by atoms with Crippen molar-refractivity contribution < 1.29 is 111 Å². The van der Waals surface area contributed by atoms with Gasteiger partial charge in [0.15, 0.2) is 0 Å². The second kappa shape index (κ2) is 55.3. The number of aromatic nitrogens is 1. The molecule has 0 radical (unpaired) electrons. The second-order valence-corrected chi connectivity index (χ2v) is 36.6. The number of rotatable bonds is 37. The lowest BCUT2D eigenvalue weighted by molar-refractivity contribution is -0.140. The van der Waals surface area contributed by atoms with E-state index >= 15 is 28.8 Å². The van der Waals surface area contributed by atoms with Crippen LogP contribution in [0.25, 0.3) is 10.9 Å². The average Bonchev–Trinajstić information content (AvgIpc) is 1.57. The van der Waals surface area contributed by atoms with Crippen molar-refractivity contribution >= 4 is 129 Å². The topological polar surface area (TPSA) is 674 Å².